The van der Waals surface area contributed by atoms with Gasteiger partial charge < -0.3 is 14.9 Å². The Morgan fingerprint density at radius 2 is 1.93 bits per heavy atom. The highest BCUT2D eigenvalue weighted by Crippen LogP contribution is 1.86. The van der Waals surface area contributed by atoms with Crippen LogP contribution in [0, 0.1) is 4.91 Å². The second kappa shape index (κ2) is 9.39. The zero-order valence-corrected chi connectivity index (χ0v) is 7.84. The summed E-state index contributed by atoms with van der Waals surface area (Å²) < 4.78 is 4.19. The number of nitroso groups, excluding NO2 is 1. The molecule has 0 saturated carbocycles. The molecule has 82 valence electrons. The average Bonchev–Trinajstić information content (AvgIpc) is 2.12. The second-order valence-corrected chi connectivity index (χ2v) is 1.98. The van der Waals surface area contributed by atoms with Crippen molar-refractivity contribution < 1.29 is 24.5 Å². The standard InChI is InChI=1S/C4H8N2O4.C2H4O2/c1-10-4(8)2-6(3-7)5-9;1-2(3)4/h7H,2-3H2,1H3;1H3,(H,3,4). The van der Waals surface area contributed by atoms with Crippen LogP contribution >= 0.6 is 0 Å². The Kier molecular flexibility index (Phi) is 9.93. The molecule has 8 nitrogen and oxygen atoms in total. The number of carbonyl (C=O) groups excluding carboxylic acids is 1. The van der Waals surface area contributed by atoms with Gasteiger partial charge in [0.2, 0.25) is 0 Å². The van der Waals surface area contributed by atoms with E-state index in [0.717, 1.165) is 6.92 Å². The molecule has 0 unspecified atom stereocenters. The van der Waals surface area contributed by atoms with Crippen LogP contribution in [0.5, 0.6) is 0 Å². The van der Waals surface area contributed by atoms with E-state index in [9.17, 15) is 9.70 Å². The Morgan fingerprint density at radius 1 is 1.50 bits per heavy atom. The van der Waals surface area contributed by atoms with Gasteiger partial charge in [-0.05, 0) is 0 Å². The van der Waals surface area contributed by atoms with Crippen LogP contribution < -0.4 is 0 Å². The number of methoxy groups -OCH3 is 1. The molecule has 0 fully saturated rings. The third-order valence-electron chi connectivity index (χ3n) is 0.818. The highest BCUT2D eigenvalue weighted by molar-refractivity contribution is 5.71. The smallest absolute Gasteiger partial charge is 0.327 e. The Hall–Kier alpha value is -1.70. The molecule has 0 amide bonds. The zero-order chi connectivity index (χ0) is 11.6. The lowest BCUT2D eigenvalue weighted by Gasteiger charge is -2.08. The van der Waals surface area contributed by atoms with Crippen molar-refractivity contribution in [2.24, 2.45) is 5.29 Å². The Bertz CT molecular complexity index is 191. The topological polar surface area (TPSA) is 116 Å². The summed E-state index contributed by atoms with van der Waals surface area (Å²) in [6, 6.07) is 0. The monoisotopic (exact) mass is 208 g/mol. The van der Waals surface area contributed by atoms with E-state index in [-0.39, 0.29) is 6.54 Å². The second-order valence-electron chi connectivity index (χ2n) is 1.98. The quantitative estimate of drug-likeness (QED) is 0.268. The SMILES string of the molecule is CC(=O)O.COC(=O)CN(CO)N=O. The predicted octanol–water partition coefficient (Wildman–Crippen LogP) is -0.816. The van der Waals surface area contributed by atoms with Gasteiger partial charge in [0.1, 0.15) is 13.3 Å². The van der Waals surface area contributed by atoms with Crippen molar-refractivity contribution in [3.63, 3.8) is 0 Å². The summed E-state index contributed by atoms with van der Waals surface area (Å²) in [7, 11) is 1.18. The largest absolute Gasteiger partial charge is 0.481 e. The number of aliphatic carboxylic acids is 1. The lowest BCUT2D eigenvalue weighted by Crippen LogP contribution is -2.26. The first-order valence-electron chi connectivity index (χ1n) is 3.43. The molecular formula is C6H12N2O6. The first kappa shape index (κ1) is 14.8. The van der Waals surface area contributed by atoms with E-state index in [1.807, 2.05) is 0 Å². The van der Waals surface area contributed by atoms with Crippen LogP contribution in [0.2, 0.25) is 0 Å². The van der Waals surface area contributed by atoms with Crippen LogP contribution in [-0.2, 0) is 14.3 Å². The molecule has 0 aromatic carbocycles. The average molecular weight is 208 g/mol. The van der Waals surface area contributed by atoms with E-state index in [4.69, 9.17) is 15.0 Å². The number of carboxylic acids is 1. The normalized spacial score (nSPS) is 7.93. The third kappa shape index (κ3) is 12.9. The summed E-state index contributed by atoms with van der Waals surface area (Å²) in [6.07, 6.45) is 0. The highest BCUT2D eigenvalue weighted by atomic mass is 16.5. The summed E-state index contributed by atoms with van der Waals surface area (Å²) in [6.45, 7) is 0.176. The Balaban J connectivity index is 0. The number of hydrogen-bond acceptors (Lipinski definition) is 6. The number of carboxylic acid groups (broad SMARTS) is 1. The first-order chi connectivity index (χ1) is 6.47. The van der Waals surface area contributed by atoms with Crippen molar-refractivity contribution in [2.45, 2.75) is 6.92 Å². The van der Waals surface area contributed by atoms with Gasteiger partial charge in [0.15, 0.2) is 0 Å². The van der Waals surface area contributed by atoms with Crippen molar-refractivity contribution in [1.29, 1.82) is 0 Å². The van der Waals surface area contributed by atoms with Gasteiger partial charge >= 0.3 is 5.97 Å². The van der Waals surface area contributed by atoms with Gasteiger partial charge in [-0.1, -0.05) is 0 Å². The summed E-state index contributed by atoms with van der Waals surface area (Å²) in [5.74, 6) is -1.45. The number of nitrogens with zero attached hydrogens (tertiary/aromatic N) is 2. The first-order valence-corrected chi connectivity index (χ1v) is 3.43. The fourth-order valence-corrected chi connectivity index (χ4v) is 0.318. The van der Waals surface area contributed by atoms with E-state index >= 15 is 0 Å². The molecule has 0 aliphatic heterocycles. The van der Waals surface area contributed by atoms with E-state index in [0.29, 0.717) is 5.01 Å². The molecule has 0 aromatic rings. The highest BCUT2D eigenvalue weighted by Gasteiger charge is 2.06. The molecule has 0 bridgehead atoms. The lowest BCUT2D eigenvalue weighted by atomic mass is 10.6. The van der Waals surface area contributed by atoms with Crippen LogP contribution in [-0.4, -0.2) is 47.5 Å². The molecule has 0 aliphatic carbocycles. The maximum Gasteiger partial charge on any atom is 0.327 e. The van der Waals surface area contributed by atoms with Crippen molar-refractivity contribution in [2.75, 3.05) is 20.4 Å². The van der Waals surface area contributed by atoms with E-state index < -0.39 is 18.7 Å². The molecule has 0 aromatic heterocycles. The molecule has 14 heavy (non-hydrogen) atoms. The summed E-state index contributed by atoms with van der Waals surface area (Å²) in [4.78, 5) is 29.1. The number of aliphatic hydroxyl groups excluding tert-OH is 1. The molecule has 0 saturated heterocycles. The summed E-state index contributed by atoms with van der Waals surface area (Å²) >= 11 is 0. The van der Waals surface area contributed by atoms with Gasteiger partial charge in [0, 0.05) is 6.92 Å². The third-order valence-corrected chi connectivity index (χ3v) is 0.818. The van der Waals surface area contributed by atoms with Crippen molar-refractivity contribution in [3.8, 4) is 0 Å². The fraction of sp³-hybridized carbons (Fsp3) is 0.667. The number of esters is 1. The maximum absolute atomic E-state index is 10.4. The van der Waals surface area contributed by atoms with Crippen molar-refractivity contribution in [3.05, 3.63) is 4.91 Å². The predicted molar refractivity (Wildman–Crippen MR) is 44.9 cm³/mol. The number of carbonyl (C=O) groups is 2. The Morgan fingerprint density at radius 3 is 2.14 bits per heavy atom. The van der Waals surface area contributed by atoms with E-state index in [1.54, 1.807) is 0 Å². The molecule has 0 rings (SSSR count). The van der Waals surface area contributed by atoms with Crippen molar-refractivity contribution in [1.82, 2.24) is 5.01 Å². The minimum absolute atomic E-state index is 0.323. The van der Waals surface area contributed by atoms with Gasteiger partial charge in [-0.25, -0.2) is 5.01 Å². The molecule has 0 radical (unpaired) electrons. The van der Waals surface area contributed by atoms with Crippen LogP contribution in [0.15, 0.2) is 5.29 Å². The molecule has 0 aliphatic rings. The molecular weight excluding hydrogens is 196 g/mol. The van der Waals surface area contributed by atoms with E-state index in [2.05, 4.69) is 10.0 Å². The Labute approximate surface area is 80.0 Å². The fourth-order valence-electron chi connectivity index (χ4n) is 0.318. The lowest BCUT2D eigenvalue weighted by molar-refractivity contribution is -0.143. The van der Waals surface area contributed by atoms with Gasteiger partial charge in [0.25, 0.3) is 5.97 Å². The molecule has 0 heterocycles. The van der Waals surface area contributed by atoms with Gasteiger partial charge in [-0.2, -0.15) is 0 Å². The van der Waals surface area contributed by atoms with Gasteiger partial charge in [-0.3, -0.25) is 9.59 Å². The zero-order valence-electron chi connectivity index (χ0n) is 7.84. The van der Waals surface area contributed by atoms with Gasteiger partial charge in [-0.15, -0.1) is 4.91 Å². The number of aliphatic hydroxyl groups is 1. The summed E-state index contributed by atoms with van der Waals surface area (Å²) in [5.41, 5.74) is 0. The number of ether oxygens (including phenoxy) is 1. The van der Waals surface area contributed by atoms with Crippen LogP contribution in [0.4, 0.5) is 0 Å². The van der Waals surface area contributed by atoms with Crippen LogP contribution in [0.25, 0.3) is 0 Å². The number of rotatable bonds is 4. The molecule has 0 atom stereocenters. The van der Waals surface area contributed by atoms with Crippen LogP contribution in [0.3, 0.4) is 0 Å². The summed E-state index contributed by atoms with van der Waals surface area (Å²) in [5, 5.41) is 18.7. The number of hydrogen-bond donors (Lipinski definition) is 2. The minimum Gasteiger partial charge on any atom is -0.481 e. The maximum atomic E-state index is 10.4. The molecule has 2 N–H and O–H groups in total. The minimum atomic E-state index is -0.833. The van der Waals surface area contributed by atoms with Gasteiger partial charge in [0.05, 0.1) is 12.4 Å². The van der Waals surface area contributed by atoms with E-state index in [1.165, 1.54) is 7.11 Å². The van der Waals surface area contributed by atoms with Crippen molar-refractivity contribution >= 4 is 11.9 Å². The van der Waals surface area contributed by atoms with Crippen LogP contribution in [0.1, 0.15) is 6.92 Å². The molecule has 8 heteroatoms. The molecule has 0 spiro atoms.